The molecule has 0 spiro atoms. The molecule has 2 rings (SSSR count). The van der Waals surface area contributed by atoms with Crippen molar-refractivity contribution in [2.45, 2.75) is 6.42 Å². The predicted octanol–water partition coefficient (Wildman–Crippen LogP) is 2.28. The molecule has 1 aromatic carbocycles. The van der Waals surface area contributed by atoms with Gasteiger partial charge >= 0.3 is 0 Å². The summed E-state index contributed by atoms with van der Waals surface area (Å²) in [6, 6.07) is 6.91. The number of rotatable bonds is 7. The second kappa shape index (κ2) is 7.82. The maximum Gasteiger partial charge on any atom is 0.230 e. The second-order valence-electron chi connectivity index (χ2n) is 4.69. The topological polar surface area (TPSA) is 65.4 Å². The number of amides is 1. The third kappa shape index (κ3) is 4.75. The standard InChI is InChI=1S/C15H18ClN3O3/c1-19-6-5-12(18-19)10-15(20)17-11-3-4-14(13(16)9-11)22-8-7-21-2/h3-6,9H,7-8,10H2,1-2H3,(H,17,20). The first kappa shape index (κ1) is 16.3. The maximum atomic E-state index is 11.9. The molecule has 0 unspecified atom stereocenters. The number of methoxy groups -OCH3 is 1. The molecule has 22 heavy (non-hydrogen) atoms. The smallest absolute Gasteiger partial charge is 0.230 e. The normalized spacial score (nSPS) is 10.5. The van der Waals surface area contributed by atoms with Crippen LogP contribution in [0.15, 0.2) is 30.5 Å². The van der Waals surface area contributed by atoms with Crippen LogP contribution >= 0.6 is 11.6 Å². The Bertz CT molecular complexity index is 643. The Morgan fingerprint density at radius 3 is 2.82 bits per heavy atom. The molecule has 0 fully saturated rings. The Hall–Kier alpha value is -2.05. The van der Waals surface area contributed by atoms with Gasteiger partial charge in [0.1, 0.15) is 12.4 Å². The van der Waals surface area contributed by atoms with Gasteiger partial charge < -0.3 is 14.8 Å². The van der Waals surface area contributed by atoms with Crippen LogP contribution in [0.3, 0.4) is 0 Å². The lowest BCUT2D eigenvalue weighted by atomic mass is 10.2. The molecule has 1 amide bonds. The number of nitrogens with zero attached hydrogens (tertiary/aromatic N) is 2. The van der Waals surface area contributed by atoms with Crippen molar-refractivity contribution >= 4 is 23.2 Å². The average Bonchev–Trinajstić information content (AvgIpc) is 2.86. The molecule has 6 nitrogen and oxygen atoms in total. The number of ether oxygens (including phenoxy) is 2. The molecule has 118 valence electrons. The molecular weight excluding hydrogens is 306 g/mol. The van der Waals surface area contributed by atoms with Gasteiger partial charge in [-0.25, -0.2) is 0 Å². The van der Waals surface area contributed by atoms with Gasteiger partial charge in [0.05, 0.1) is 23.7 Å². The zero-order chi connectivity index (χ0) is 15.9. The maximum absolute atomic E-state index is 11.9. The number of benzene rings is 1. The van der Waals surface area contributed by atoms with Crippen LogP contribution in [-0.4, -0.2) is 36.0 Å². The fourth-order valence-electron chi connectivity index (χ4n) is 1.86. The number of hydrogen-bond acceptors (Lipinski definition) is 4. The minimum Gasteiger partial charge on any atom is -0.490 e. The summed E-state index contributed by atoms with van der Waals surface area (Å²) < 4.78 is 12.0. The monoisotopic (exact) mass is 323 g/mol. The van der Waals surface area contributed by atoms with Gasteiger partial charge in [-0.15, -0.1) is 0 Å². The first-order valence-electron chi connectivity index (χ1n) is 6.78. The zero-order valence-corrected chi connectivity index (χ0v) is 13.3. The minimum atomic E-state index is -0.150. The van der Waals surface area contributed by atoms with E-state index in [0.29, 0.717) is 35.4 Å². The second-order valence-corrected chi connectivity index (χ2v) is 5.10. The SMILES string of the molecule is COCCOc1ccc(NC(=O)Cc2ccn(C)n2)cc1Cl. The third-order valence-electron chi connectivity index (χ3n) is 2.87. The van der Waals surface area contributed by atoms with Crippen molar-refractivity contribution < 1.29 is 14.3 Å². The Morgan fingerprint density at radius 2 is 2.18 bits per heavy atom. The van der Waals surface area contributed by atoms with Crippen molar-refractivity contribution in [1.82, 2.24) is 9.78 Å². The number of carbonyl (C=O) groups excluding carboxylic acids is 1. The van der Waals surface area contributed by atoms with Crippen LogP contribution in [0, 0.1) is 0 Å². The first-order valence-corrected chi connectivity index (χ1v) is 7.16. The lowest BCUT2D eigenvalue weighted by Crippen LogP contribution is -2.15. The molecule has 0 saturated heterocycles. The van der Waals surface area contributed by atoms with Crippen molar-refractivity contribution in [2.75, 3.05) is 25.6 Å². The van der Waals surface area contributed by atoms with E-state index in [9.17, 15) is 4.79 Å². The van der Waals surface area contributed by atoms with Crippen LogP contribution in [0.2, 0.25) is 5.02 Å². The Morgan fingerprint density at radius 1 is 1.36 bits per heavy atom. The lowest BCUT2D eigenvalue weighted by Gasteiger charge is -2.10. The van der Waals surface area contributed by atoms with E-state index in [1.165, 1.54) is 0 Å². The Labute approximate surface area is 134 Å². The number of nitrogens with one attached hydrogen (secondary N) is 1. The summed E-state index contributed by atoms with van der Waals surface area (Å²) in [6.07, 6.45) is 2.01. The first-order chi connectivity index (χ1) is 10.6. The van der Waals surface area contributed by atoms with Crippen molar-refractivity contribution in [3.63, 3.8) is 0 Å². The van der Waals surface area contributed by atoms with E-state index in [2.05, 4.69) is 10.4 Å². The van der Waals surface area contributed by atoms with Crippen molar-refractivity contribution in [3.8, 4) is 5.75 Å². The van der Waals surface area contributed by atoms with Crippen LogP contribution in [0.4, 0.5) is 5.69 Å². The molecule has 0 atom stereocenters. The average molecular weight is 324 g/mol. The molecule has 0 aliphatic heterocycles. The number of aromatic nitrogens is 2. The van der Waals surface area contributed by atoms with E-state index >= 15 is 0 Å². The summed E-state index contributed by atoms with van der Waals surface area (Å²) >= 11 is 6.12. The molecule has 2 aromatic rings. The Kier molecular flexibility index (Phi) is 5.80. The van der Waals surface area contributed by atoms with Gasteiger partial charge in [0.15, 0.2) is 0 Å². The number of anilines is 1. The Balaban J connectivity index is 1.92. The van der Waals surface area contributed by atoms with Gasteiger partial charge in [-0.2, -0.15) is 5.10 Å². The van der Waals surface area contributed by atoms with E-state index in [4.69, 9.17) is 21.1 Å². The number of halogens is 1. The number of carbonyl (C=O) groups is 1. The predicted molar refractivity (Wildman–Crippen MR) is 84.4 cm³/mol. The van der Waals surface area contributed by atoms with E-state index in [-0.39, 0.29) is 12.3 Å². The highest BCUT2D eigenvalue weighted by Gasteiger charge is 2.08. The minimum absolute atomic E-state index is 0.150. The third-order valence-corrected chi connectivity index (χ3v) is 3.17. The highest BCUT2D eigenvalue weighted by Crippen LogP contribution is 2.27. The lowest BCUT2D eigenvalue weighted by molar-refractivity contribution is -0.115. The molecular formula is C15H18ClN3O3. The van der Waals surface area contributed by atoms with Crippen LogP contribution in [0.1, 0.15) is 5.69 Å². The van der Waals surface area contributed by atoms with Gasteiger partial charge in [-0.3, -0.25) is 9.48 Å². The summed E-state index contributed by atoms with van der Waals surface area (Å²) in [5.74, 6) is 0.407. The van der Waals surface area contributed by atoms with E-state index in [1.54, 1.807) is 42.3 Å². The fraction of sp³-hybridized carbons (Fsp3) is 0.333. The molecule has 1 N–H and O–H groups in total. The molecule has 0 aliphatic rings. The molecule has 1 aromatic heterocycles. The molecule has 0 radical (unpaired) electrons. The highest BCUT2D eigenvalue weighted by molar-refractivity contribution is 6.32. The molecule has 0 saturated carbocycles. The van der Waals surface area contributed by atoms with Crippen LogP contribution in [-0.2, 0) is 23.0 Å². The van der Waals surface area contributed by atoms with E-state index < -0.39 is 0 Å². The highest BCUT2D eigenvalue weighted by atomic mass is 35.5. The molecule has 1 heterocycles. The fourth-order valence-corrected chi connectivity index (χ4v) is 2.09. The van der Waals surface area contributed by atoms with Gasteiger partial charge in [0, 0.05) is 26.0 Å². The summed E-state index contributed by atoms with van der Waals surface area (Å²) in [4.78, 5) is 11.9. The van der Waals surface area contributed by atoms with Crippen LogP contribution in [0.5, 0.6) is 5.75 Å². The summed E-state index contributed by atoms with van der Waals surface area (Å²) in [6.45, 7) is 0.903. The van der Waals surface area contributed by atoms with Crippen molar-refractivity contribution in [2.24, 2.45) is 7.05 Å². The number of aryl methyl sites for hydroxylation is 1. The molecule has 7 heteroatoms. The van der Waals surface area contributed by atoms with Gasteiger partial charge in [0.25, 0.3) is 0 Å². The zero-order valence-electron chi connectivity index (χ0n) is 12.5. The molecule has 0 bridgehead atoms. The van der Waals surface area contributed by atoms with Crippen LogP contribution < -0.4 is 10.1 Å². The number of hydrogen-bond donors (Lipinski definition) is 1. The van der Waals surface area contributed by atoms with E-state index in [0.717, 1.165) is 0 Å². The van der Waals surface area contributed by atoms with Gasteiger partial charge in [-0.1, -0.05) is 11.6 Å². The summed E-state index contributed by atoms with van der Waals surface area (Å²) in [5, 5.41) is 7.38. The largest absolute Gasteiger partial charge is 0.490 e. The van der Waals surface area contributed by atoms with Crippen LogP contribution in [0.25, 0.3) is 0 Å². The summed E-state index contributed by atoms with van der Waals surface area (Å²) in [5.41, 5.74) is 1.33. The van der Waals surface area contributed by atoms with Gasteiger partial charge in [0.2, 0.25) is 5.91 Å². The summed E-state index contributed by atoms with van der Waals surface area (Å²) in [7, 11) is 3.41. The van der Waals surface area contributed by atoms with Crippen molar-refractivity contribution in [1.29, 1.82) is 0 Å². The molecule has 0 aliphatic carbocycles. The van der Waals surface area contributed by atoms with E-state index in [1.807, 2.05) is 7.05 Å². The van der Waals surface area contributed by atoms with Crippen molar-refractivity contribution in [3.05, 3.63) is 41.2 Å². The quantitative estimate of drug-likeness (QED) is 0.794. The van der Waals surface area contributed by atoms with Gasteiger partial charge in [-0.05, 0) is 24.3 Å².